The normalized spacial score (nSPS) is 29.1. The molecular formula is C38H43BN4O5. The number of hydrogen-bond acceptors (Lipinski definition) is 7. The first kappa shape index (κ1) is 31.3. The molecule has 4 heterocycles. The van der Waals surface area contributed by atoms with Crippen LogP contribution in [0.1, 0.15) is 56.7 Å². The molecular weight excluding hydrogens is 603 g/mol. The first-order valence-corrected chi connectivity index (χ1v) is 17.2. The zero-order valence-corrected chi connectivity index (χ0v) is 27.9. The van der Waals surface area contributed by atoms with Crippen molar-refractivity contribution in [1.29, 1.82) is 0 Å². The fourth-order valence-corrected chi connectivity index (χ4v) is 8.70. The number of fused-ring (bicyclic) bond motifs is 1. The van der Waals surface area contributed by atoms with Crippen LogP contribution < -0.4 is 5.32 Å². The van der Waals surface area contributed by atoms with Crippen molar-refractivity contribution in [3.8, 4) is 0 Å². The van der Waals surface area contributed by atoms with E-state index in [2.05, 4.69) is 48.4 Å². The highest BCUT2D eigenvalue weighted by molar-refractivity contribution is 6.48. The molecule has 1 saturated heterocycles. The van der Waals surface area contributed by atoms with E-state index in [1.807, 2.05) is 77.5 Å². The van der Waals surface area contributed by atoms with Crippen LogP contribution in [0.5, 0.6) is 0 Å². The minimum absolute atomic E-state index is 0.00960. The van der Waals surface area contributed by atoms with E-state index >= 15 is 0 Å². The van der Waals surface area contributed by atoms with E-state index in [-0.39, 0.29) is 29.6 Å². The van der Waals surface area contributed by atoms with Crippen LogP contribution in [0.2, 0.25) is 0 Å². The van der Waals surface area contributed by atoms with Crippen LogP contribution in [0.3, 0.4) is 0 Å². The van der Waals surface area contributed by atoms with E-state index in [4.69, 9.17) is 18.9 Å². The Balaban J connectivity index is 1.01. The number of pyridine rings is 1. The minimum Gasteiger partial charge on any atom is -0.404 e. The summed E-state index contributed by atoms with van der Waals surface area (Å²) in [6, 6.07) is 24.1. The van der Waals surface area contributed by atoms with Gasteiger partial charge in [-0.15, -0.1) is 0 Å². The molecule has 3 aliphatic carbocycles. The summed E-state index contributed by atoms with van der Waals surface area (Å²) in [6.07, 6.45) is 9.04. The Morgan fingerprint density at radius 2 is 1.77 bits per heavy atom. The van der Waals surface area contributed by atoms with Crippen LogP contribution in [0.25, 0.3) is 5.65 Å². The van der Waals surface area contributed by atoms with E-state index < -0.39 is 18.7 Å². The Kier molecular flexibility index (Phi) is 7.93. The van der Waals surface area contributed by atoms with Gasteiger partial charge in [-0.1, -0.05) is 85.7 Å². The molecule has 6 atom stereocenters. The van der Waals surface area contributed by atoms with Gasteiger partial charge in [0.25, 0.3) is 5.91 Å². The third kappa shape index (κ3) is 5.53. The second kappa shape index (κ2) is 12.2. The van der Waals surface area contributed by atoms with Crippen LogP contribution in [-0.4, -0.2) is 58.0 Å². The maximum Gasteiger partial charge on any atom is 0.482 e. The van der Waals surface area contributed by atoms with Crippen LogP contribution in [0, 0.1) is 17.3 Å². The molecule has 9 nitrogen and oxygen atoms in total. The number of imidazole rings is 1. The summed E-state index contributed by atoms with van der Waals surface area (Å²) < 4.78 is 21.7. The van der Waals surface area contributed by atoms with Crippen molar-refractivity contribution < 1.29 is 23.7 Å². The molecule has 0 spiro atoms. The lowest BCUT2D eigenvalue weighted by atomic mass is 9.43. The lowest BCUT2D eigenvalue weighted by Gasteiger charge is -2.64. The van der Waals surface area contributed by atoms with Gasteiger partial charge < -0.3 is 28.6 Å². The maximum absolute atomic E-state index is 14.6. The van der Waals surface area contributed by atoms with E-state index in [1.165, 1.54) is 6.42 Å². The Labute approximate surface area is 282 Å². The smallest absolute Gasteiger partial charge is 0.404 e. The monoisotopic (exact) mass is 646 g/mol. The molecule has 248 valence electrons. The molecule has 2 bridgehead atoms. The highest BCUT2D eigenvalue weighted by atomic mass is 16.7. The maximum atomic E-state index is 14.6. The number of carbonyl (C=O) groups excluding carboxylic acids is 1. The van der Waals surface area contributed by atoms with E-state index in [0.29, 0.717) is 43.4 Å². The number of rotatable bonds is 11. The van der Waals surface area contributed by atoms with Crippen molar-refractivity contribution in [2.24, 2.45) is 22.4 Å². The summed E-state index contributed by atoms with van der Waals surface area (Å²) in [6.45, 7) is 7.54. The van der Waals surface area contributed by atoms with Gasteiger partial charge >= 0.3 is 7.12 Å². The zero-order valence-electron chi connectivity index (χ0n) is 27.9. The predicted molar refractivity (Wildman–Crippen MR) is 183 cm³/mol. The summed E-state index contributed by atoms with van der Waals surface area (Å²) >= 11 is 0. The van der Waals surface area contributed by atoms with Gasteiger partial charge in [0, 0.05) is 37.0 Å². The van der Waals surface area contributed by atoms with Gasteiger partial charge in [0.15, 0.2) is 0 Å². The number of carbonyl (C=O) groups is 1. The molecule has 2 aromatic carbocycles. The average molecular weight is 647 g/mol. The molecule has 48 heavy (non-hydrogen) atoms. The van der Waals surface area contributed by atoms with Crippen molar-refractivity contribution in [2.75, 3.05) is 6.61 Å². The van der Waals surface area contributed by atoms with Crippen LogP contribution >= 0.6 is 0 Å². The SMILES string of the molecule is CC1(C)[C@@H]2C[C@H]3OB([C@H](Cc4ccccc4)NC(=O)C4(Cc5ccccc5)CC(COCc5cccn6ccnc56)=NO4)O[C@@]3(C)[C@H]1C2. The summed E-state index contributed by atoms with van der Waals surface area (Å²) in [5.74, 6) is 0.404. The zero-order chi connectivity index (χ0) is 32.9. The highest BCUT2D eigenvalue weighted by Gasteiger charge is 2.68. The van der Waals surface area contributed by atoms with E-state index in [1.54, 1.807) is 6.20 Å². The number of oxime groups is 1. The van der Waals surface area contributed by atoms with Gasteiger partial charge in [0.05, 0.1) is 36.6 Å². The fraction of sp³-hybridized carbons (Fsp3) is 0.447. The quantitative estimate of drug-likeness (QED) is 0.213. The van der Waals surface area contributed by atoms with Crippen molar-refractivity contribution in [1.82, 2.24) is 14.7 Å². The number of hydrogen-bond donors (Lipinski definition) is 1. The van der Waals surface area contributed by atoms with Gasteiger partial charge in [-0.05, 0) is 60.6 Å². The number of benzene rings is 2. The lowest BCUT2D eigenvalue weighted by Crippen LogP contribution is -2.65. The Hall–Kier alpha value is -3.99. The standard InChI is InChI=1S/C38H43BN4O5/c1-36(2)29-20-31(36)37(3)32(21-29)46-39(47-37)33(19-26-11-6-4-7-12-26)41-35(44)38(22-27-13-8-5-9-14-27)23-30(42-48-38)25-45-24-28-15-10-17-43-18-16-40-34(28)43/h4-18,29,31-33H,19-25H2,1-3H3,(H,41,44)/t29-,31-,32+,33-,37-,38?/m0/s1. The van der Waals surface area contributed by atoms with Gasteiger partial charge in [-0.3, -0.25) is 4.79 Å². The third-order valence-electron chi connectivity index (χ3n) is 11.5. The number of nitrogens with one attached hydrogen (secondary N) is 1. The molecule has 1 unspecified atom stereocenters. The van der Waals surface area contributed by atoms with Crippen molar-refractivity contribution >= 4 is 24.4 Å². The van der Waals surface area contributed by atoms with Gasteiger partial charge in [0.2, 0.25) is 5.60 Å². The van der Waals surface area contributed by atoms with E-state index in [9.17, 15) is 4.79 Å². The number of nitrogens with zero attached hydrogens (tertiary/aromatic N) is 3. The molecule has 3 saturated carbocycles. The van der Waals surface area contributed by atoms with Gasteiger partial charge in [-0.2, -0.15) is 0 Å². The molecule has 4 fully saturated rings. The predicted octanol–water partition coefficient (Wildman–Crippen LogP) is 5.60. The Bertz CT molecular complexity index is 1820. The second-order valence-corrected chi connectivity index (χ2v) is 14.9. The van der Waals surface area contributed by atoms with Crippen LogP contribution in [0.15, 0.2) is 96.5 Å². The number of ether oxygens (including phenoxy) is 1. The molecule has 0 radical (unpaired) electrons. The average Bonchev–Trinajstić information content (AvgIpc) is 3.83. The molecule has 1 amide bonds. The van der Waals surface area contributed by atoms with E-state index in [0.717, 1.165) is 28.8 Å². The van der Waals surface area contributed by atoms with Crippen LogP contribution in [-0.2, 0) is 43.1 Å². The topological polar surface area (TPSA) is 95.7 Å². The second-order valence-electron chi connectivity index (χ2n) is 14.9. The first-order chi connectivity index (χ1) is 23.2. The molecule has 1 N–H and O–H groups in total. The van der Waals surface area contributed by atoms with Gasteiger partial charge in [0.1, 0.15) is 5.65 Å². The summed E-state index contributed by atoms with van der Waals surface area (Å²) in [7, 11) is -0.580. The summed E-state index contributed by atoms with van der Waals surface area (Å²) in [5.41, 5.74) is 3.21. The summed E-state index contributed by atoms with van der Waals surface area (Å²) in [4.78, 5) is 25.2. The third-order valence-corrected chi connectivity index (χ3v) is 11.5. The van der Waals surface area contributed by atoms with Crippen molar-refractivity contribution in [3.63, 3.8) is 0 Å². The van der Waals surface area contributed by atoms with Crippen LogP contribution in [0.4, 0.5) is 0 Å². The largest absolute Gasteiger partial charge is 0.482 e. The summed E-state index contributed by atoms with van der Waals surface area (Å²) in [5, 5.41) is 7.79. The molecule has 4 aromatic rings. The van der Waals surface area contributed by atoms with Crippen molar-refractivity contribution in [3.05, 3.63) is 108 Å². The molecule has 9 rings (SSSR count). The Morgan fingerprint density at radius 1 is 1.00 bits per heavy atom. The molecule has 2 aliphatic heterocycles. The first-order valence-electron chi connectivity index (χ1n) is 17.2. The number of amides is 1. The van der Waals surface area contributed by atoms with Crippen molar-refractivity contribution in [2.45, 2.75) is 82.7 Å². The molecule has 5 aliphatic rings. The highest BCUT2D eigenvalue weighted by Crippen LogP contribution is 2.65. The Morgan fingerprint density at radius 3 is 2.54 bits per heavy atom. The fourth-order valence-electron chi connectivity index (χ4n) is 8.70. The molecule has 10 heteroatoms. The number of aromatic nitrogens is 2. The minimum atomic E-state index is -1.24. The van der Waals surface area contributed by atoms with Gasteiger partial charge in [-0.25, -0.2) is 4.98 Å². The molecule has 2 aromatic heterocycles. The lowest BCUT2D eigenvalue weighted by molar-refractivity contribution is -0.199.